The third-order valence-corrected chi connectivity index (χ3v) is 2.52. The first-order chi connectivity index (χ1) is 6.88. The van der Waals surface area contributed by atoms with E-state index in [0.717, 1.165) is 39.3 Å². The van der Waals surface area contributed by atoms with Gasteiger partial charge in [0.2, 0.25) is 0 Å². The van der Waals surface area contributed by atoms with E-state index in [4.69, 9.17) is 14.7 Å². The predicted octanol–water partition coefficient (Wildman–Crippen LogP) is 0.637. The van der Waals surface area contributed by atoms with Crippen LogP contribution in [0.5, 0.6) is 0 Å². The van der Waals surface area contributed by atoms with Gasteiger partial charge in [-0.25, -0.2) is 0 Å². The highest BCUT2D eigenvalue weighted by molar-refractivity contribution is 4.79. The number of ether oxygens (including phenoxy) is 2. The van der Waals surface area contributed by atoms with Crippen LogP contribution >= 0.6 is 0 Å². The first kappa shape index (κ1) is 11.4. The van der Waals surface area contributed by atoms with Crippen LogP contribution in [0.15, 0.2) is 0 Å². The number of nitriles is 1. The van der Waals surface area contributed by atoms with E-state index in [1.54, 1.807) is 7.11 Å². The molecule has 0 radical (unpaired) electrons. The van der Waals surface area contributed by atoms with E-state index in [1.807, 2.05) is 0 Å². The summed E-state index contributed by atoms with van der Waals surface area (Å²) in [5, 5.41) is 8.54. The summed E-state index contributed by atoms with van der Waals surface area (Å²) in [4.78, 5) is 2.29. The fourth-order valence-corrected chi connectivity index (χ4v) is 1.69. The van der Waals surface area contributed by atoms with Crippen molar-refractivity contribution in [2.75, 3.05) is 40.0 Å². The van der Waals surface area contributed by atoms with Gasteiger partial charge in [-0.3, -0.25) is 4.90 Å². The van der Waals surface area contributed by atoms with Crippen molar-refractivity contribution >= 4 is 0 Å². The van der Waals surface area contributed by atoms with Crippen LogP contribution in [0.4, 0.5) is 0 Å². The lowest BCUT2D eigenvalue weighted by Crippen LogP contribution is -2.38. The van der Waals surface area contributed by atoms with Crippen molar-refractivity contribution < 1.29 is 9.47 Å². The maximum atomic E-state index is 8.54. The van der Waals surface area contributed by atoms with Crippen molar-refractivity contribution in [1.82, 2.24) is 4.90 Å². The Kier molecular flexibility index (Phi) is 5.53. The van der Waals surface area contributed by atoms with Crippen molar-refractivity contribution in [3.8, 4) is 6.07 Å². The molecule has 0 bridgehead atoms. The molecule has 1 fully saturated rings. The minimum Gasteiger partial charge on any atom is -0.383 e. The largest absolute Gasteiger partial charge is 0.383 e. The highest BCUT2D eigenvalue weighted by Crippen LogP contribution is 2.12. The zero-order valence-electron chi connectivity index (χ0n) is 8.74. The molecule has 1 aliphatic rings. The predicted molar refractivity (Wildman–Crippen MR) is 52.9 cm³/mol. The van der Waals surface area contributed by atoms with Gasteiger partial charge in [-0.1, -0.05) is 0 Å². The molecular formula is C10H18N2O2. The molecule has 4 nitrogen and oxygen atoms in total. The summed E-state index contributed by atoms with van der Waals surface area (Å²) in [6.45, 7) is 4.10. The number of hydrogen-bond acceptors (Lipinski definition) is 4. The lowest BCUT2D eigenvalue weighted by molar-refractivity contribution is 0.107. The second kappa shape index (κ2) is 6.77. The van der Waals surface area contributed by atoms with Gasteiger partial charge in [-0.2, -0.15) is 5.26 Å². The number of methoxy groups -OCH3 is 1. The molecule has 1 aliphatic heterocycles. The zero-order valence-corrected chi connectivity index (χ0v) is 8.74. The molecule has 1 rings (SSSR count). The molecule has 0 spiro atoms. The summed E-state index contributed by atoms with van der Waals surface area (Å²) in [6.07, 6.45) is 1.66. The first-order valence-electron chi connectivity index (χ1n) is 5.06. The van der Waals surface area contributed by atoms with Gasteiger partial charge in [0.15, 0.2) is 0 Å². The third kappa shape index (κ3) is 3.62. The summed E-state index contributed by atoms with van der Waals surface area (Å²) >= 11 is 0. The van der Waals surface area contributed by atoms with Crippen molar-refractivity contribution in [3.63, 3.8) is 0 Å². The molecule has 0 aliphatic carbocycles. The van der Waals surface area contributed by atoms with Crippen LogP contribution in [-0.2, 0) is 9.47 Å². The molecule has 4 heteroatoms. The van der Waals surface area contributed by atoms with Crippen molar-refractivity contribution in [1.29, 1.82) is 5.26 Å². The molecule has 1 atom stereocenters. The van der Waals surface area contributed by atoms with E-state index in [0.29, 0.717) is 12.5 Å². The van der Waals surface area contributed by atoms with E-state index in [9.17, 15) is 0 Å². The molecule has 0 saturated carbocycles. The summed E-state index contributed by atoms with van der Waals surface area (Å²) in [5.74, 6) is 0. The Morgan fingerprint density at radius 1 is 1.57 bits per heavy atom. The topological polar surface area (TPSA) is 45.5 Å². The lowest BCUT2D eigenvalue weighted by atomic mass is 10.2. The van der Waals surface area contributed by atoms with Crippen molar-refractivity contribution in [2.24, 2.45) is 0 Å². The molecule has 1 saturated heterocycles. The highest BCUT2D eigenvalue weighted by Gasteiger charge is 2.22. The molecule has 0 aromatic heterocycles. The number of nitrogens with zero attached hydrogens (tertiary/aromatic N) is 2. The van der Waals surface area contributed by atoms with E-state index >= 15 is 0 Å². The van der Waals surface area contributed by atoms with Crippen LogP contribution in [0, 0.1) is 11.3 Å². The first-order valence-corrected chi connectivity index (χ1v) is 5.06. The average Bonchev–Trinajstić information content (AvgIpc) is 2.71. The van der Waals surface area contributed by atoms with Gasteiger partial charge in [-0.05, 0) is 6.42 Å². The number of hydrogen-bond donors (Lipinski definition) is 0. The smallest absolute Gasteiger partial charge is 0.0635 e. The fraction of sp³-hybridized carbons (Fsp3) is 0.900. The van der Waals surface area contributed by atoms with Gasteiger partial charge in [-0.15, -0.1) is 0 Å². The van der Waals surface area contributed by atoms with Crippen LogP contribution in [0.25, 0.3) is 0 Å². The zero-order chi connectivity index (χ0) is 10.2. The van der Waals surface area contributed by atoms with Gasteiger partial charge in [0, 0.05) is 39.3 Å². The molecule has 0 aromatic carbocycles. The fourth-order valence-electron chi connectivity index (χ4n) is 1.69. The standard InChI is InChI=1S/C10H18N2O2/c1-13-8-6-12(5-2-4-11)10-3-7-14-9-10/h10H,2-3,5-9H2,1H3. The Bertz CT molecular complexity index is 185. The second-order valence-corrected chi connectivity index (χ2v) is 3.45. The Labute approximate surface area is 85.4 Å². The van der Waals surface area contributed by atoms with Crippen LogP contribution in [-0.4, -0.2) is 51.0 Å². The van der Waals surface area contributed by atoms with E-state index in [2.05, 4.69) is 11.0 Å². The SMILES string of the molecule is COCCN(CCC#N)C1CCOC1. The van der Waals surface area contributed by atoms with Crippen LogP contribution in [0.2, 0.25) is 0 Å². The monoisotopic (exact) mass is 198 g/mol. The van der Waals surface area contributed by atoms with Crippen LogP contribution in [0.3, 0.4) is 0 Å². The van der Waals surface area contributed by atoms with Gasteiger partial charge >= 0.3 is 0 Å². The minimum absolute atomic E-state index is 0.485. The summed E-state index contributed by atoms with van der Waals surface area (Å²) in [6, 6.07) is 2.66. The van der Waals surface area contributed by atoms with Gasteiger partial charge in [0.05, 0.1) is 19.3 Å². The molecule has 80 valence electrons. The highest BCUT2D eigenvalue weighted by atomic mass is 16.5. The Morgan fingerprint density at radius 3 is 3.00 bits per heavy atom. The Hall–Kier alpha value is -0.630. The minimum atomic E-state index is 0.485. The summed E-state index contributed by atoms with van der Waals surface area (Å²) in [7, 11) is 1.70. The van der Waals surface area contributed by atoms with Gasteiger partial charge in [0.25, 0.3) is 0 Å². The summed E-state index contributed by atoms with van der Waals surface area (Å²) < 4.78 is 10.4. The maximum absolute atomic E-state index is 8.54. The quantitative estimate of drug-likeness (QED) is 0.628. The van der Waals surface area contributed by atoms with Crippen molar-refractivity contribution in [2.45, 2.75) is 18.9 Å². The van der Waals surface area contributed by atoms with E-state index < -0.39 is 0 Å². The van der Waals surface area contributed by atoms with Crippen molar-refractivity contribution in [3.05, 3.63) is 0 Å². The molecule has 14 heavy (non-hydrogen) atoms. The van der Waals surface area contributed by atoms with Gasteiger partial charge < -0.3 is 9.47 Å². The van der Waals surface area contributed by atoms with Crippen LogP contribution < -0.4 is 0 Å². The number of rotatable bonds is 6. The van der Waals surface area contributed by atoms with E-state index in [-0.39, 0.29) is 0 Å². The second-order valence-electron chi connectivity index (χ2n) is 3.45. The Balaban J connectivity index is 2.30. The molecule has 1 heterocycles. The molecule has 0 aromatic rings. The molecular weight excluding hydrogens is 180 g/mol. The third-order valence-electron chi connectivity index (χ3n) is 2.52. The van der Waals surface area contributed by atoms with Gasteiger partial charge in [0.1, 0.15) is 0 Å². The maximum Gasteiger partial charge on any atom is 0.0635 e. The lowest BCUT2D eigenvalue weighted by Gasteiger charge is -2.26. The average molecular weight is 198 g/mol. The molecule has 1 unspecified atom stereocenters. The normalized spacial score (nSPS) is 21.4. The molecule has 0 amide bonds. The van der Waals surface area contributed by atoms with E-state index in [1.165, 1.54) is 0 Å². The van der Waals surface area contributed by atoms with Crippen LogP contribution in [0.1, 0.15) is 12.8 Å². The molecule has 0 N–H and O–H groups in total. The summed E-state index contributed by atoms with van der Waals surface area (Å²) in [5.41, 5.74) is 0. The Morgan fingerprint density at radius 2 is 2.43 bits per heavy atom.